The van der Waals surface area contributed by atoms with Gasteiger partial charge in [-0.25, -0.2) is 9.18 Å². The highest BCUT2D eigenvalue weighted by molar-refractivity contribution is 5.90. The van der Waals surface area contributed by atoms with E-state index in [2.05, 4.69) is 37.1 Å². The summed E-state index contributed by atoms with van der Waals surface area (Å²) in [7, 11) is 0. The summed E-state index contributed by atoms with van der Waals surface area (Å²) in [6.45, 7) is 9.01. The number of halogens is 1. The molecule has 0 atom stereocenters. The lowest BCUT2D eigenvalue weighted by atomic mass is 9.86. The van der Waals surface area contributed by atoms with E-state index in [9.17, 15) is 9.18 Å². The van der Waals surface area contributed by atoms with E-state index in [1.54, 1.807) is 6.07 Å². The van der Waals surface area contributed by atoms with Gasteiger partial charge in [-0.3, -0.25) is 0 Å². The number of nitrogens with zero attached hydrogens (tertiary/aromatic N) is 2. The standard InChI is InChI=1S/C21H26FN3O/c1-21(2,3)18-9-4-5-10-19(18)23-20(26)25-13-11-24(12-14-25)17-8-6-7-16(22)15-17/h4-10,15H,11-14H2,1-3H3,(H,23,26). The number of carbonyl (C=O) groups is 1. The number of urea groups is 1. The number of nitrogens with one attached hydrogen (secondary N) is 1. The van der Waals surface area contributed by atoms with Gasteiger partial charge < -0.3 is 15.1 Å². The smallest absolute Gasteiger partial charge is 0.321 e. The van der Waals surface area contributed by atoms with E-state index in [1.807, 2.05) is 29.2 Å². The van der Waals surface area contributed by atoms with Crippen LogP contribution in [0, 0.1) is 5.82 Å². The fourth-order valence-electron chi connectivity index (χ4n) is 3.28. The van der Waals surface area contributed by atoms with Crippen LogP contribution in [0.25, 0.3) is 0 Å². The largest absolute Gasteiger partial charge is 0.368 e. The molecule has 138 valence electrons. The Hall–Kier alpha value is -2.56. The molecule has 0 radical (unpaired) electrons. The normalized spacial score (nSPS) is 15.1. The molecule has 1 aliphatic heterocycles. The third kappa shape index (κ3) is 4.15. The minimum absolute atomic E-state index is 0.0417. The second-order valence-electron chi connectivity index (χ2n) is 7.68. The second kappa shape index (κ2) is 7.36. The third-order valence-corrected chi connectivity index (χ3v) is 4.72. The summed E-state index contributed by atoms with van der Waals surface area (Å²) in [5.41, 5.74) is 2.80. The minimum Gasteiger partial charge on any atom is -0.368 e. The molecule has 0 unspecified atom stereocenters. The van der Waals surface area contributed by atoms with E-state index in [4.69, 9.17) is 0 Å². The van der Waals surface area contributed by atoms with E-state index in [0.29, 0.717) is 26.2 Å². The third-order valence-electron chi connectivity index (χ3n) is 4.72. The van der Waals surface area contributed by atoms with Crippen LogP contribution in [0.1, 0.15) is 26.3 Å². The lowest BCUT2D eigenvalue weighted by molar-refractivity contribution is 0.208. The molecule has 2 aromatic rings. The number of rotatable bonds is 2. The van der Waals surface area contributed by atoms with Gasteiger partial charge in [-0.2, -0.15) is 0 Å². The van der Waals surface area contributed by atoms with E-state index in [-0.39, 0.29) is 17.3 Å². The van der Waals surface area contributed by atoms with Gasteiger partial charge in [0.05, 0.1) is 0 Å². The van der Waals surface area contributed by atoms with Gasteiger partial charge in [0.1, 0.15) is 5.82 Å². The number of anilines is 2. The predicted molar refractivity (Wildman–Crippen MR) is 104 cm³/mol. The molecule has 0 saturated carbocycles. The van der Waals surface area contributed by atoms with Gasteiger partial charge in [0.15, 0.2) is 0 Å². The van der Waals surface area contributed by atoms with Crippen LogP contribution in [0.5, 0.6) is 0 Å². The first kappa shape index (κ1) is 18.2. The van der Waals surface area contributed by atoms with Gasteiger partial charge in [-0.05, 0) is 35.2 Å². The van der Waals surface area contributed by atoms with Crippen LogP contribution in [0.15, 0.2) is 48.5 Å². The maximum atomic E-state index is 13.4. The van der Waals surface area contributed by atoms with Gasteiger partial charge in [0, 0.05) is 37.6 Å². The van der Waals surface area contributed by atoms with Crippen LogP contribution < -0.4 is 10.2 Å². The molecular weight excluding hydrogens is 329 g/mol. The molecule has 2 aromatic carbocycles. The molecule has 2 amide bonds. The van der Waals surface area contributed by atoms with Crippen molar-refractivity contribution in [1.29, 1.82) is 0 Å². The number of hydrogen-bond donors (Lipinski definition) is 1. The predicted octanol–water partition coefficient (Wildman–Crippen LogP) is 4.48. The van der Waals surface area contributed by atoms with E-state index in [0.717, 1.165) is 16.9 Å². The molecule has 0 spiro atoms. The van der Waals surface area contributed by atoms with Gasteiger partial charge in [0.25, 0.3) is 0 Å². The van der Waals surface area contributed by atoms with Crippen molar-refractivity contribution in [2.24, 2.45) is 0 Å². The number of amides is 2. The van der Waals surface area contributed by atoms with Crippen molar-refractivity contribution in [1.82, 2.24) is 4.90 Å². The summed E-state index contributed by atoms with van der Waals surface area (Å²) < 4.78 is 13.4. The summed E-state index contributed by atoms with van der Waals surface area (Å²) in [6.07, 6.45) is 0. The molecule has 26 heavy (non-hydrogen) atoms. The molecular formula is C21H26FN3O. The Morgan fingerprint density at radius 2 is 1.69 bits per heavy atom. The van der Waals surface area contributed by atoms with E-state index >= 15 is 0 Å². The Kier molecular flexibility index (Phi) is 5.16. The molecule has 1 aliphatic rings. The Morgan fingerprint density at radius 3 is 2.35 bits per heavy atom. The molecule has 1 saturated heterocycles. The molecule has 0 aromatic heterocycles. The van der Waals surface area contributed by atoms with Crippen molar-refractivity contribution >= 4 is 17.4 Å². The number of para-hydroxylation sites is 1. The van der Waals surface area contributed by atoms with Crippen molar-refractivity contribution < 1.29 is 9.18 Å². The van der Waals surface area contributed by atoms with Crippen molar-refractivity contribution in [2.45, 2.75) is 26.2 Å². The summed E-state index contributed by atoms with van der Waals surface area (Å²) >= 11 is 0. The molecule has 1 N–H and O–H groups in total. The highest BCUT2D eigenvalue weighted by Gasteiger charge is 2.24. The van der Waals surface area contributed by atoms with E-state index < -0.39 is 0 Å². The highest BCUT2D eigenvalue weighted by Crippen LogP contribution is 2.29. The van der Waals surface area contributed by atoms with Crippen LogP contribution >= 0.6 is 0 Å². The SMILES string of the molecule is CC(C)(C)c1ccccc1NC(=O)N1CCN(c2cccc(F)c2)CC1. The Morgan fingerprint density at radius 1 is 1.00 bits per heavy atom. The van der Waals surface area contributed by atoms with Crippen molar-refractivity contribution in [3.63, 3.8) is 0 Å². The number of benzene rings is 2. The fourth-order valence-corrected chi connectivity index (χ4v) is 3.28. The van der Waals surface area contributed by atoms with Crippen LogP contribution in [0.2, 0.25) is 0 Å². The summed E-state index contributed by atoms with van der Waals surface area (Å²) in [4.78, 5) is 16.6. The monoisotopic (exact) mass is 355 g/mol. The van der Waals surface area contributed by atoms with Crippen LogP contribution in [-0.2, 0) is 5.41 Å². The van der Waals surface area contributed by atoms with Crippen molar-refractivity contribution in [3.05, 3.63) is 59.9 Å². The molecule has 1 heterocycles. The average Bonchev–Trinajstić information content (AvgIpc) is 2.61. The Bertz CT molecular complexity index is 777. The van der Waals surface area contributed by atoms with Crippen LogP contribution in [0.3, 0.4) is 0 Å². The van der Waals surface area contributed by atoms with Crippen LogP contribution in [-0.4, -0.2) is 37.1 Å². The van der Waals surface area contributed by atoms with Gasteiger partial charge in [-0.15, -0.1) is 0 Å². The minimum atomic E-state index is -0.235. The van der Waals surface area contributed by atoms with Gasteiger partial charge >= 0.3 is 6.03 Å². The highest BCUT2D eigenvalue weighted by atomic mass is 19.1. The zero-order chi connectivity index (χ0) is 18.7. The molecule has 4 nitrogen and oxygen atoms in total. The molecule has 5 heteroatoms. The number of hydrogen-bond acceptors (Lipinski definition) is 2. The summed E-state index contributed by atoms with van der Waals surface area (Å²) in [5.74, 6) is -0.235. The Labute approximate surface area is 154 Å². The van der Waals surface area contributed by atoms with E-state index in [1.165, 1.54) is 12.1 Å². The summed E-state index contributed by atoms with van der Waals surface area (Å²) in [5, 5.41) is 3.06. The maximum absolute atomic E-state index is 13.4. The lowest BCUT2D eigenvalue weighted by Crippen LogP contribution is -2.50. The number of piperazine rings is 1. The Balaban J connectivity index is 1.63. The first-order chi connectivity index (χ1) is 12.3. The average molecular weight is 355 g/mol. The first-order valence-electron chi connectivity index (χ1n) is 9.00. The van der Waals surface area contributed by atoms with Crippen molar-refractivity contribution in [3.8, 4) is 0 Å². The van der Waals surface area contributed by atoms with Crippen LogP contribution in [0.4, 0.5) is 20.6 Å². The first-order valence-corrected chi connectivity index (χ1v) is 9.00. The summed E-state index contributed by atoms with van der Waals surface area (Å²) in [6, 6.07) is 14.4. The quantitative estimate of drug-likeness (QED) is 0.862. The molecule has 0 bridgehead atoms. The maximum Gasteiger partial charge on any atom is 0.321 e. The molecule has 0 aliphatic carbocycles. The van der Waals surface area contributed by atoms with Gasteiger partial charge in [-0.1, -0.05) is 45.0 Å². The zero-order valence-electron chi connectivity index (χ0n) is 15.6. The van der Waals surface area contributed by atoms with Gasteiger partial charge in [0.2, 0.25) is 0 Å². The second-order valence-corrected chi connectivity index (χ2v) is 7.68. The fraction of sp³-hybridized carbons (Fsp3) is 0.381. The zero-order valence-corrected chi connectivity index (χ0v) is 15.6. The number of carbonyl (C=O) groups excluding carboxylic acids is 1. The molecule has 1 fully saturated rings. The lowest BCUT2D eigenvalue weighted by Gasteiger charge is -2.36. The molecule has 3 rings (SSSR count). The topological polar surface area (TPSA) is 35.6 Å². The van der Waals surface area contributed by atoms with Crippen molar-refractivity contribution in [2.75, 3.05) is 36.4 Å².